The van der Waals surface area contributed by atoms with Gasteiger partial charge in [0.15, 0.2) is 0 Å². The minimum absolute atomic E-state index is 0.0987. The Kier molecular flexibility index (Phi) is 5.92. The van der Waals surface area contributed by atoms with E-state index in [1.54, 1.807) is 12.5 Å². The fourth-order valence-corrected chi connectivity index (χ4v) is 4.64. The summed E-state index contributed by atoms with van der Waals surface area (Å²) in [7, 11) is -4.82. The minimum Gasteiger partial charge on any atom is -0.337 e. The number of imidazole rings is 1. The topological polar surface area (TPSA) is 155 Å². The number of fused-ring (bicyclic) bond motifs is 2. The Balaban J connectivity index is 1.22. The summed E-state index contributed by atoms with van der Waals surface area (Å²) >= 11 is 0. The van der Waals surface area contributed by atoms with Gasteiger partial charge in [0.1, 0.15) is 6.04 Å². The Morgan fingerprint density at radius 3 is 2.97 bits per heavy atom. The van der Waals surface area contributed by atoms with Crippen LogP contribution >= 0.6 is 0 Å². The number of carbonyl (C=O) groups excluding carboxylic acids is 2. The van der Waals surface area contributed by atoms with Crippen molar-refractivity contribution in [3.8, 4) is 0 Å². The number of nitrogens with zero attached hydrogens (tertiary/aromatic N) is 4. The number of hydroxylamine groups is 3. The van der Waals surface area contributed by atoms with Gasteiger partial charge in [0.05, 0.1) is 19.0 Å². The third kappa shape index (κ3) is 4.73. The second-order valence-corrected chi connectivity index (χ2v) is 8.76. The van der Waals surface area contributed by atoms with Gasteiger partial charge >= 0.3 is 16.4 Å². The molecular formula is C16H24N6O7S. The molecular weight excluding hydrogens is 420 g/mol. The summed E-state index contributed by atoms with van der Waals surface area (Å²) in [6.07, 6.45) is 7.01. The second kappa shape index (κ2) is 8.47. The minimum atomic E-state index is -4.82. The van der Waals surface area contributed by atoms with E-state index in [1.807, 2.05) is 10.8 Å². The fourth-order valence-electron chi connectivity index (χ4n) is 4.25. The lowest BCUT2D eigenvalue weighted by molar-refractivity contribution is -0.139. The molecule has 3 amide bonds. The van der Waals surface area contributed by atoms with Gasteiger partial charge in [-0.05, 0) is 25.2 Å². The third-order valence-electron chi connectivity index (χ3n) is 5.60. The highest BCUT2D eigenvalue weighted by molar-refractivity contribution is 7.80. The first-order chi connectivity index (χ1) is 14.3. The molecule has 0 aliphatic carbocycles. The Morgan fingerprint density at radius 2 is 2.23 bits per heavy atom. The molecule has 3 aliphatic heterocycles. The van der Waals surface area contributed by atoms with Gasteiger partial charge in [-0.3, -0.25) is 14.2 Å². The lowest BCUT2D eigenvalue weighted by Crippen LogP contribution is -2.50. The molecule has 14 heteroatoms. The summed E-state index contributed by atoms with van der Waals surface area (Å²) < 4.78 is 37.0. The number of nitrogens with one attached hydrogen (secondary N) is 2. The molecule has 3 N–H and O–H groups in total. The molecule has 4 rings (SSSR count). The summed E-state index contributed by atoms with van der Waals surface area (Å²) in [6, 6.07) is -2.02. The molecule has 3 fully saturated rings. The molecule has 4 heterocycles. The summed E-state index contributed by atoms with van der Waals surface area (Å²) in [5.41, 5.74) is 2.39. The van der Waals surface area contributed by atoms with Crippen molar-refractivity contribution in [2.24, 2.45) is 5.92 Å². The van der Waals surface area contributed by atoms with Crippen molar-refractivity contribution >= 4 is 22.3 Å². The largest absolute Gasteiger partial charge is 0.418 e. The van der Waals surface area contributed by atoms with E-state index in [4.69, 9.17) is 9.39 Å². The smallest absolute Gasteiger partial charge is 0.337 e. The van der Waals surface area contributed by atoms with E-state index >= 15 is 0 Å². The lowest BCUT2D eigenvalue weighted by Gasteiger charge is -2.29. The van der Waals surface area contributed by atoms with Crippen LogP contribution in [0.15, 0.2) is 18.7 Å². The third-order valence-corrected chi connectivity index (χ3v) is 5.95. The molecule has 4 atom stereocenters. The first kappa shape index (κ1) is 21.0. The van der Waals surface area contributed by atoms with Crippen molar-refractivity contribution in [1.82, 2.24) is 30.3 Å². The first-order valence-corrected chi connectivity index (χ1v) is 11.0. The van der Waals surface area contributed by atoms with Crippen LogP contribution in [0.5, 0.6) is 0 Å². The van der Waals surface area contributed by atoms with Gasteiger partial charge in [-0.15, -0.1) is 4.28 Å². The molecule has 0 spiro atoms. The van der Waals surface area contributed by atoms with Crippen molar-refractivity contribution in [2.45, 2.75) is 43.9 Å². The maximum atomic E-state index is 12.5. The highest BCUT2D eigenvalue weighted by Gasteiger charge is 2.49. The van der Waals surface area contributed by atoms with Crippen LogP contribution in [-0.2, 0) is 30.9 Å². The van der Waals surface area contributed by atoms with Gasteiger partial charge in [-0.25, -0.2) is 15.3 Å². The van der Waals surface area contributed by atoms with E-state index in [-0.39, 0.29) is 19.2 Å². The Hall–Kier alpha value is -2.26. The monoisotopic (exact) mass is 444 g/mol. The standard InChI is InChI=1S/C16H24N6O7S/c23-15(14-2-1-13-8-21(14)16(24)22(13)29-30(25,26)27)19-28-9-12-5-11(6-18-12)7-20-4-3-17-10-20/h3-4,10-14,18H,1-2,5-9H2,(H,19,23)(H,25,26,27)/t11-,12+,13?,14?/m0/s1. The van der Waals surface area contributed by atoms with Crippen LogP contribution in [0.4, 0.5) is 4.79 Å². The van der Waals surface area contributed by atoms with Crippen molar-refractivity contribution in [3.05, 3.63) is 18.7 Å². The maximum absolute atomic E-state index is 12.5. The molecule has 2 bridgehead atoms. The first-order valence-electron chi connectivity index (χ1n) is 9.68. The molecule has 1 aromatic rings. The van der Waals surface area contributed by atoms with E-state index in [0.29, 0.717) is 23.8 Å². The van der Waals surface area contributed by atoms with Crippen molar-refractivity contribution < 1.29 is 31.7 Å². The molecule has 1 aromatic heterocycles. The van der Waals surface area contributed by atoms with Gasteiger partial charge < -0.3 is 14.8 Å². The van der Waals surface area contributed by atoms with E-state index in [0.717, 1.165) is 19.5 Å². The predicted molar refractivity (Wildman–Crippen MR) is 99.6 cm³/mol. The second-order valence-electron chi connectivity index (χ2n) is 7.75. The molecule has 3 saturated heterocycles. The van der Waals surface area contributed by atoms with E-state index < -0.39 is 34.4 Å². The lowest BCUT2D eigenvalue weighted by atomic mass is 10.0. The molecule has 0 radical (unpaired) electrons. The predicted octanol–water partition coefficient (Wildman–Crippen LogP) is -1.09. The van der Waals surface area contributed by atoms with Crippen molar-refractivity contribution in [2.75, 3.05) is 19.7 Å². The Bertz CT molecular complexity index is 879. The molecule has 0 aromatic carbocycles. The number of aromatic nitrogens is 2. The highest BCUT2D eigenvalue weighted by atomic mass is 32.3. The van der Waals surface area contributed by atoms with Crippen LogP contribution in [0.25, 0.3) is 0 Å². The number of hydrogen-bond acceptors (Lipinski definition) is 8. The zero-order valence-corrected chi connectivity index (χ0v) is 16.9. The van der Waals surface area contributed by atoms with Crippen LogP contribution in [-0.4, -0.2) is 82.2 Å². The number of hydrogen-bond donors (Lipinski definition) is 3. The summed E-state index contributed by atoms with van der Waals surface area (Å²) in [5.74, 6) is -0.0433. The maximum Gasteiger partial charge on any atom is 0.418 e. The molecule has 166 valence electrons. The average Bonchev–Trinajstić information content (AvgIpc) is 3.40. The van der Waals surface area contributed by atoms with Crippen LogP contribution in [0.2, 0.25) is 0 Å². The highest BCUT2D eigenvalue weighted by Crippen LogP contribution is 2.30. The average molecular weight is 444 g/mol. The molecule has 2 unspecified atom stereocenters. The Labute approximate surface area is 173 Å². The van der Waals surface area contributed by atoms with Gasteiger partial charge in [-0.1, -0.05) is 0 Å². The normalized spacial score (nSPS) is 28.9. The molecule has 0 saturated carbocycles. The van der Waals surface area contributed by atoms with Gasteiger partial charge in [0.25, 0.3) is 5.91 Å². The van der Waals surface area contributed by atoms with E-state index in [2.05, 4.69) is 20.1 Å². The number of amides is 3. The zero-order valence-electron chi connectivity index (χ0n) is 16.1. The van der Waals surface area contributed by atoms with E-state index in [9.17, 15) is 18.0 Å². The molecule has 3 aliphatic rings. The summed E-state index contributed by atoms with van der Waals surface area (Å²) in [6.45, 7) is 2.12. The SMILES string of the molecule is O=C(NOC[C@H]1C[C@H](Cn2ccnc2)CN1)C1CCC2CN1C(=O)N2OS(=O)(=O)O. The summed E-state index contributed by atoms with van der Waals surface area (Å²) in [5, 5.41) is 3.96. The van der Waals surface area contributed by atoms with Crippen LogP contribution in [0.3, 0.4) is 0 Å². The van der Waals surface area contributed by atoms with Crippen LogP contribution < -0.4 is 10.8 Å². The quantitative estimate of drug-likeness (QED) is 0.335. The Morgan fingerprint density at radius 1 is 1.40 bits per heavy atom. The van der Waals surface area contributed by atoms with E-state index in [1.165, 1.54) is 4.90 Å². The molecule has 30 heavy (non-hydrogen) atoms. The number of carbonyl (C=O) groups is 2. The van der Waals surface area contributed by atoms with Gasteiger partial charge in [-0.2, -0.15) is 13.5 Å². The fraction of sp³-hybridized carbons (Fsp3) is 0.688. The number of piperidine rings is 1. The molecule has 13 nitrogen and oxygen atoms in total. The van der Waals surface area contributed by atoms with Crippen molar-refractivity contribution in [1.29, 1.82) is 0 Å². The van der Waals surface area contributed by atoms with Crippen molar-refractivity contribution in [3.63, 3.8) is 0 Å². The summed E-state index contributed by atoms with van der Waals surface area (Å²) in [4.78, 5) is 35.4. The van der Waals surface area contributed by atoms with Gasteiger partial charge in [0.2, 0.25) is 0 Å². The van der Waals surface area contributed by atoms with Crippen LogP contribution in [0, 0.1) is 5.92 Å². The number of rotatable bonds is 8. The zero-order chi connectivity index (χ0) is 21.3. The van der Waals surface area contributed by atoms with Crippen LogP contribution in [0.1, 0.15) is 19.3 Å². The number of urea groups is 1. The van der Waals surface area contributed by atoms with Gasteiger partial charge in [0, 0.05) is 38.1 Å².